The Labute approximate surface area is 186 Å². The highest BCUT2D eigenvalue weighted by atomic mass is 16.3. The van der Waals surface area contributed by atoms with Crippen LogP contribution in [0.3, 0.4) is 0 Å². The Bertz CT molecular complexity index is 532. The van der Waals surface area contributed by atoms with Gasteiger partial charge in [0.2, 0.25) is 0 Å². The van der Waals surface area contributed by atoms with E-state index in [2.05, 4.69) is 27.7 Å². The minimum absolute atomic E-state index is 0.165. The van der Waals surface area contributed by atoms with Crippen molar-refractivity contribution < 1.29 is 15.3 Å². The topological polar surface area (TPSA) is 60.7 Å². The molecule has 3 fully saturated rings. The maximum atomic E-state index is 11.3. The first-order valence-electron chi connectivity index (χ1n) is 13.3. The number of rotatable bonds is 6. The van der Waals surface area contributed by atoms with Gasteiger partial charge < -0.3 is 15.3 Å². The lowest BCUT2D eigenvalue weighted by Crippen LogP contribution is -2.54. The summed E-state index contributed by atoms with van der Waals surface area (Å²) >= 11 is 0. The molecule has 0 amide bonds. The van der Waals surface area contributed by atoms with Gasteiger partial charge in [0.05, 0.1) is 17.8 Å². The van der Waals surface area contributed by atoms with Crippen LogP contribution in [0.1, 0.15) is 118 Å². The Kier molecular flexibility index (Phi) is 8.35. The van der Waals surface area contributed by atoms with Crippen LogP contribution in [0.25, 0.3) is 0 Å². The fraction of sp³-hybridized carbons (Fsp3) is 1.00. The molecule has 0 aliphatic heterocycles. The second-order valence-corrected chi connectivity index (χ2v) is 12.0. The van der Waals surface area contributed by atoms with E-state index in [0.717, 1.165) is 51.4 Å². The Balaban J connectivity index is 1.70. The fourth-order valence-electron chi connectivity index (χ4n) is 7.81. The van der Waals surface area contributed by atoms with Crippen molar-refractivity contribution >= 4 is 0 Å². The summed E-state index contributed by atoms with van der Waals surface area (Å²) in [6.45, 7) is 9.18. The third-order valence-electron chi connectivity index (χ3n) is 9.92. The molecular formula is C27H50O3. The lowest BCUT2D eigenvalue weighted by atomic mass is 9.49. The first kappa shape index (κ1) is 24.5. The van der Waals surface area contributed by atoms with E-state index in [4.69, 9.17) is 0 Å². The molecule has 30 heavy (non-hydrogen) atoms. The molecule has 0 spiro atoms. The van der Waals surface area contributed by atoms with Crippen molar-refractivity contribution in [3.8, 4) is 0 Å². The summed E-state index contributed by atoms with van der Waals surface area (Å²) in [6.07, 6.45) is 14.9. The Hall–Kier alpha value is -0.120. The fourth-order valence-corrected chi connectivity index (χ4v) is 7.81. The van der Waals surface area contributed by atoms with Crippen molar-refractivity contribution in [2.75, 3.05) is 0 Å². The van der Waals surface area contributed by atoms with Crippen molar-refractivity contribution in [2.45, 2.75) is 135 Å². The zero-order valence-corrected chi connectivity index (χ0v) is 20.3. The minimum Gasteiger partial charge on any atom is -0.393 e. The first-order chi connectivity index (χ1) is 14.2. The van der Waals surface area contributed by atoms with Gasteiger partial charge in [0.25, 0.3) is 0 Å². The number of hydrogen-bond acceptors (Lipinski definition) is 3. The van der Waals surface area contributed by atoms with E-state index >= 15 is 0 Å². The van der Waals surface area contributed by atoms with Crippen molar-refractivity contribution in [2.24, 2.45) is 35.0 Å². The number of hydrogen-bond donors (Lipinski definition) is 3. The van der Waals surface area contributed by atoms with Gasteiger partial charge in [-0.2, -0.15) is 0 Å². The second kappa shape index (κ2) is 10.2. The third kappa shape index (κ3) is 5.26. The summed E-state index contributed by atoms with van der Waals surface area (Å²) in [5, 5.41) is 32.6. The standard InChI is InChI=1S/C27H50O3/c1-5-6-7-8-15-27(4,30)20-10-9-11-23-22(19(2)12-13-20)18-25(29)24-17-21(28)14-16-26(23,24)3/h19-25,28-30H,5-18H2,1-4H3/t19?,20-,21+,22?,23?,24?,25+,26-,27+/m1/s1. The van der Waals surface area contributed by atoms with E-state index in [1.54, 1.807) is 0 Å². The minimum atomic E-state index is -0.538. The molecule has 176 valence electrons. The summed E-state index contributed by atoms with van der Waals surface area (Å²) in [7, 11) is 0. The lowest BCUT2D eigenvalue weighted by molar-refractivity contribution is -0.143. The summed E-state index contributed by atoms with van der Waals surface area (Å²) in [5.74, 6) is 2.51. The molecule has 3 nitrogen and oxygen atoms in total. The zero-order valence-electron chi connectivity index (χ0n) is 20.3. The maximum absolute atomic E-state index is 11.3. The number of aliphatic hydroxyl groups is 3. The summed E-state index contributed by atoms with van der Waals surface area (Å²) in [6, 6.07) is 0. The van der Waals surface area contributed by atoms with E-state index in [1.165, 1.54) is 38.5 Å². The van der Waals surface area contributed by atoms with E-state index in [1.807, 2.05) is 0 Å². The average Bonchev–Trinajstić information content (AvgIpc) is 2.77. The zero-order chi connectivity index (χ0) is 21.9. The second-order valence-electron chi connectivity index (χ2n) is 12.0. The SMILES string of the molecule is CCCCCC[C@](C)(O)[C@@H]1CCCC2C(C[C@H](O)C3C[C@@H](O)CC[C@]23C)C(C)CC1. The number of fused-ring (bicyclic) bond motifs is 3. The number of unbranched alkanes of at least 4 members (excludes halogenated alkanes) is 3. The molecule has 3 N–H and O–H groups in total. The molecule has 0 saturated heterocycles. The highest BCUT2D eigenvalue weighted by molar-refractivity contribution is 5.04. The van der Waals surface area contributed by atoms with Crippen LogP contribution in [-0.4, -0.2) is 33.1 Å². The van der Waals surface area contributed by atoms with Crippen LogP contribution in [-0.2, 0) is 0 Å². The van der Waals surface area contributed by atoms with Gasteiger partial charge in [-0.05, 0) is 93.3 Å². The molecule has 3 aliphatic rings. The van der Waals surface area contributed by atoms with E-state index in [0.29, 0.717) is 23.7 Å². The monoisotopic (exact) mass is 422 g/mol. The molecule has 4 unspecified atom stereocenters. The molecule has 0 aromatic carbocycles. The smallest absolute Gasteiger partial charge is 0.0647 e. The summed E-state index contributed by atoms with van der Waals surface area (Å²) < 4.78 is 0. The van der Waals surface area contributed by atoms with E-state index < -0.39 is 5.60 Å². The molecule has 3 aliphatic carbocycles. The predicted molar refractivity (Wildman–Crippen MR) is 124 cm³/mol. The van der Waals surface area contributed by atoms with Crippen molar-refractivity contribution in [3.05, 3.63) is 0 Å². The van der Waals surface area contributed by atoms with E-state index in [9.17, 15) is 15.3 Å². The Morgan fingerprint density at radius 1 is 0.933 bits per heavy atom. The van der Waals surface area contributed by atoms with Gasteiger partial charge in [-0.25, -0.2) is 0 Å². The molecule has 0 aromatic heterocycles. The largest absolute Gasteiger partial charge is 0.393 e. The summed E-state index contributed by atoms with van der Waals surface area (Å²) in [5.41, 5.74) is -0.373. The molecule has 3 saturated carbocycles. The van der Waals surface area contributed by atoms with Crippen LogP contribution >= 0.6 is 0 Å². The van der Waals surface area contributed by atoms with Crippen molar-refractivity contribution in [1.29, 1.82) is 0 Å². The van der Waals surface area contributed by atoms with Crippen molar-refractivity contribution in [1.82, 2.24) is 0 Å². The predicted octanol–water partition coefficient (Wildman–Crippen LogP) is 6.09. The van der Waals surface area contributed by atoms with Gasteiger partial charge in [0, 0.05) is 0 Å². The molecule has 0 heterocycles. The molecule has 0 radical (unpaired) electrons. The van der Waals surface area contributed by atoms with Crippen LogP contribution < -0.4 is 0 Å². The first-order valence-corrected chi connectivity index (χ1v) is 13.3. The van der Waals surface area contributed by atoms with Gasteiger partial charge >= 0.3 is 0 Å². The molecule has 0 bridgehead atoms. The molecule has 3 heteroatoms. The molecule has 9 atom stereocenters. The van der Waals surface area contributed by atoms with Crippen LogP contribution in [0.4, 0.5) is 0 Å². The van der Waals surface area contributed by atoms with Gasteiger partial charge in [-0.1, -0.05) is 59.3 Å². The molecular weight excluding hydrogens is 372 g/mol. The van der Waals surface area contributed by atoms with Gasteiger partial charge in [0.15, 0.2) is 0 Å². The average molecular weight is 423 g/mol. The Morgan fingerprint density at radius 2 is 1.70 bits per heavy atom. The third-order valence-corrected chi connectivity index (χ3v) is 9.92. The van der Waals surface area contributed by atoms with Crippen molar-refractivity contribution in [3.63, 3.8) is 0 Å². The normalized spacial score (nSPS) is 44.7. The van der Waals surface area contributed by atoms with Gasteiger partial charge in [-0.3, -0.25) is 0 Å². The summed E-state index contributed by atoms with van der Waals surface area (Å²) in [4.78, 5) is 0. The van der Waals surface area contributed by atoms with Gasteiger partial charge in [-0.15, -0.1) is 0 Å². The number of aliphatic hydroxyl groups excluding tert-OH is 2. The van der Waals surface area contributed by atoms with E-state index in [-0.39, 0.29) is 23.5 Å². The maximum Gasteiger partial charge on any atom is 0.0647 e. The van der Waals surface area contributed by atoms with Gasteiger partial charge in [0.1, 0.15) is 0 Å². The Morgan fingerprint density at radius 3 is 2.43 bits per heavy atom. The van der Waals surface area contributed by atoms with Crippen LogP contribution in [0.15, 0.2) is 0 Å². The highest BCUT2D eigenvalue weighted by Crippen LogP contribution is 2.59. The van der Waals surface area contributed by atoms with Crippen LogP contribution in [0, 0.1) is 35.0 Å². The lowest BCUT2D eigenvalue weighted by Gasteiger charge is -2.57. The molecule has 0 aromatic rings. The molecule has 3 rings (SSSR count). The highest BCUT2D eigenvalue weighted by Gasteiger charge is 2.54. The van der Waals surface area contributed by atoms with Crippen LogP contribution in [0.5, 0.6) is 0 Å². The quantitative estimate of drug-likeness (QED) is 0.454. The van der Waals surface area contributed by atoms with Crippen LogP contribution in [0.2, 0.25) is 0 Å².